The van der Waals surface area contributed by atoms with Crippen molar-refractivity contribution < 1.29 is 9.47 Å². The maximum absolute atomic E-state index is 5.83. The first kappa shape index (κ1) is 17.5. The Kier molecular flexibility index (Phi) is 5.53. The minimum absolute atomic E-state index is 0.0932. The van der Waals surface area contributed by atoms with Gasteiger partial charge in [-0.1, -0.05) is 12.1 Å². The third-order valence-electron chi connectivity index (χ3n) is 3.54. The number of methoxy groups -OCH3 is 1. The monoisotopic (exact) mass is 350 g/mol. The lowest BCUT2D eigenvalue weighted by Crippen LogP contribution is -2.07. The molecule has 6 heteroatoms. The number of hydrogen-bond donors (Lipinski definition) is 2. The van der Waals surface area contributed by atoms with Crippen molar-refractivity contribution in [3.05, 3.63) is 60.9 Å². The summed E-state index contributed by atoms with van der Waals surface area (Å²) in [7, 11) is 1.64. The largest absolute Gasteiger partial charge is 0.497 e. The average molecular weight is 350 g/mol. The zero-order chi connectivity index (χ0) is 18.4. The van der Waals surface area contributed by atoms with Crippen molar-refractivity contribution in [2.45, 2.75) is 20.0 Å². The summed E-state index contributed by atoms with van der Waals surface area (Å²) < 4.78 is 11.0. The van der Waals surface area contributed by atoms with E-state index in [0.29, 0.717) is 11.6 Å². The fraction of sp³-hybridized carbons (Fsp3) is 0.200. The van der Waals surface area contributed by atoms with Crippen LogP contribution in [0.2, 0.25) is 0 Å². The van der Waals surface area contributed by atoms with Crippen molar-refractivity contribution in [3.63, 3.8) is 0 Å². The second-order valence-electron chi connectivity index (χ2n) is 5.93. The highest BCUT2D eigenvalue weighted by atomic mass is 16.5. The van der Waals surface area contributed by atoms with Crippen LogP contribution >= 0.6 is 0 Å². The molecule has 0 atom stereocenters. The van der Waals surface area contributed by atoms with Crippen LogP contribution in [0, 0.1) is 0 Å². The van der Waals surface area contributed by atoms with Gasteiger partial charge in [0.15, 0.2) is 0 Å². The van der Waals surface area contributed by atoms with Crippen LogP contribution in [0.15, 0.2) is 60.9 Å². The molecule has 0 aliphatic carbocycles. The molecule has 0 unspecified atom stereocenters. The quantitative estimate of drug-likeness (QED) is 0.640. The molecule has 134 valence electrons. The minimum atomic E-state index is 0.0932. The molecule has 0 spiro atoms. The van der Waals surface area contributed by atoms with E-state index in [1.165, 1.54) is 6.33 Å². The third kappa shape index (κ3) is 4.63. The lowest BCUT2D eigenvalue weighted by molar-refractivity contribution is 0.244. The van der Waals surface area contributed by atoms with Crippen LogP contribution in [0.3, 0.4) is 0 Å². The Morgan fingerprint density at radius 2 is 1.58 bits per heavy atom. The maximum Gasteiger partial charge on any atom is 0.143 e. The molecule has 0 aliphatic heterocycles. The number of ether oxygens (including phenoxy) is 2. The van der Waals surface area contributed by atoms with E-state index in [1.54, 1.807) is 7.11 Å². The zero-order valence-electron chi connectivity index (χ0n) is 15.1. The summed E-state index contributed by atoms with van der Waals surface area (Å²) in [4.78, 5) is 8.55. The highest BCUT2D eigenvalue weighted by Crippen LogP contribution is 2.28. The van der Waals surface area contributed by atoms with E-state index in [0.717, 1.165) is 22.9 Å². The standard InChI is InChI=1S/C20H22N4O2/c1-14(2)26-18-7-5-4-6-17(18)24-20-12-19(21-13-22-20)23-15-8-10-16(25-3)11-9-15/h4-14H,1-3H3,(H2,21,22,23,24). The van der Waals surface area contributed by atoms with Gasteiger partial charge in [0.2, 0.25) is 0 Å². The van der Waals surface area contributed by atoms with Crippen molar-refractivity contribution in [2.75, 3.05) is 17.7 Å². The van der Waals surface area contributed by atoms with Crippen molar-refractivity contribution >= 4 is 23.0 Å². The van der Waals surface area contributed by atoms with Crippen LogP contribution in [0.1, 0.15) is 13.8 Å². The smallest absolute Gasteiger partial charge is 0.143 e. The van der Waals surface area contributed by atoms with Gasteiger partial charge in [-0.3, -0.25) is 0 Å². The molecule has 3 rings (SSSR count). The number of aromatic nitrogens is 2. The molecule has 1 heterocycles. The maximum atomic E-state index is 5.83. The first-order valence-corrected chi connectivity index (χ1v) is 8.40. The van der Waals surface area contributed by atoms with Crippen LogP contribution in [0.25, 0.3) is 0 Å². The SMILES string of the molecule is COc1ccc(Nc2cc(Nc3ccccc3OC(C)C)ncn2)cc1. The first-order chi connectivity index (χ1) is 12.6. The average Bonchev–Trinajstić information content (AvgIpc) is 2.64. The van der Waals surface area contributed by atoms with Crippen LogP contribution in [0.5, 0.6) is 11.5 Å². The van der Waals surface area contributed by atoms with E-state index in [-0.39, 0.29) is 6.10 Å². The van der Waals surface area contributed by atoms with Gasteiger partial charge in [0.05, 0.1) is 18.9 Å². The van der Waals surface area contributed by atoms with Gasteiger partial charge in [0, 0.05) is 11.8 Å². The molecule has 0 amide bonds. The number of rotatable bonds is 7. The molecule has 0 radical (unpaired) electrons. The number of benzene rings is 2. The highest BCUT2D eigenvalue weighted by molar-refractivity contribution is 5.67. The topological polar surface area (TPSA) is 68.3 Å². The summed E-state index contributed by atoms with van der Waals surface area (Å²) in [6.07, 6.45) is 1.61. The van der Waals surface area contributed by atoms with Gasteiger partial charge in [-0.15, -0.1) is 0 Å². The van der Waals surface area contributed by atoms with Crippen LogP contribution < -0.4 is 20.1 Å². The fourth-order valence-corrected chi connectivity index (χ4v) is 2.38. The lowest BCUT2D eigenvalue weighted by atomic mass is 10.3. The Bertz CT molecular complexity index is 850. The molecule has 0 aliphatic rings. The molecule has 0 fully saturated rings. The van der Waals surface area contributed by atoms with Crippen molar-refractivity contribution in [3.8, 4) is 11.5 Å². The zero-order valence-corrected chi connectivity index (χ0v) is 15.1. The van der Waals surface area contributed by atoms with E-state index in [2.05, 4.69) is 20.6 Å². The van der Waals surface area contributed by atoms with Crippen LogP contribution in [-0.4, -0.2) is 23.2 Å². The summed E-state index contributed by atoms with van der Waals surface area (Å²) in [5, 5.41) is 6.54. The molecule has 26 heavy (non-hydrogen) atoms. The number of nitrogens with zero attached hydrogens (tertiary/aromatic N) is 2. The number of anilines is 4. The highest BCUT2D eigenvalue weighted by Gasteiger charge is 2.07. The summed E-state index contributed by atoms with van der Waals surface area (Å²) in [6, 6.07) is 17.3. The molecule has 1 aromatic heterocycles. The Labute approximate surface area is 153 Å². The third-order valence-corrected chi connectivity index (χ3v) is 3.54. The van der Waals surface area contributed by atoms with Gasteiger partial charge in [0.25, 0.3) is 0 Å². The predicted molar refractivity (Wildman–Crippen MR) is 104 cm³/mol. The lowest BCUT2D eigenvalue weighted by Gasteiger charge is -2.15. The summed E-state index contributed by atoms with van der Waals surface area (Å²) in [5.74, 6) is 2.96. The second-order valence-corrected chi connectivity index (χ2v) is 5.93. The number of nitrogens with one attached hydrogen (secondary N) is 2. The minimum Gasteiger partial charge on any atom is -0.497 e. The summed E-state index contributed by atoms with van der Waals surface area (Å²) in [5.41, 5.74) is 1.77. The van der Waals surface area contributed by atoms with E-state index in [9.17, 15) is 0 Å². The van der Waals surface area contributed by atoms with E-state index in [1.807, 2.05) is 68.4 Å². The molecule has 0 saturated heterocycles. The summed E-state index contributed by atoms with van der Waals surface area (Å²) >= 11 is 0. The molecular weight excluding hydrogens is 328 g/mol. The van der Waals surface area contributed by atoms with Gasteiger partial charge in [0.1, 0.15) is 29.5 Å². The van der Waals surface area contributed by atoms with E-state index >= 15 is 0 Å². The van der Waals surface area contributed by atoms with Crippen molar-refractivity contribution in [1.29, 1.82) is 0 Å². The Hall–Kier alpha value is -3.28. The molecular formula is C20H22N4O2. The summed E-state index contributed by atoms with van der Waals surface area (Å²) in [6.45, 7) is 4.00. The molecule has 2 N–H and O–H groups in total. The number of para-hydroxylation sites is 2. The molecule has 2 aromatic carbocycles. The second kappa shape index (κ2) is 8.20. The van der Waals surface area contributed by atoms with Gasteiger partial charge in [-0.25, -0.2) is 9.97 Å². The van der Waals surface area contributed by atoms with Crippen LogP contribution in [0.4, 0.5) is 23.0 Å². The number of hydrogen-bond acceptors (Lipinski definition) is 6. The van der Waals surface area contributed by atoms with E-state index in [4.69, 9.17) is 9.47 Å². The molecule has 0 bridgehead atoms. The normalized spacial score (nSPS) is 10.5. The molecule has 6 nitrogen and oxygen atoms in total. The Morgan fingerprint density at radius 3 is 2.27 bits per heavy atom. The molecule has 3 aromatic rings. The predicted octanol–water partition coefficient (Wildman–Crippen LogP) is 4.76. The Morgan fingerprint density at radius 1 is 0.885 bits per heavy atom. The van der Waals surface area contributed by atoms with Crippen molar-refractivity contribution in [2.24, 2.45) is 0 Å². The first-order valence-electron chi connectivity index (χ1n) is 8.40. The molecule has 0 saturated carbocycles. The van der Waals surface area contributed by atoms with E-state index < -0.39 is 0 Å². The Balaban J connectivity index is 1.75. The fourth-order valence-electron chi connectivity index (χ4n) is 2.38. The van der Waals surface area contributed by atoms with Gasteiger partial charge < -0.3 is 20.1 Å². The van der Waals surface area contributed by atoms with Gasteiger partial charge >= 0.3 is 0 Å². The van der Waals surface area contributed by atoms with Gasteiger partial charge in [-0.2, -0.15) is 0 Å². The van der Waals surface area contributed by atoms with Gasteiger partial charge in [-0.05, 0) is 50.2 Å². The van der Waals surface area contributed by atoms with Crippen LogP contribution in [-0.2, 0) is 0 Å². The van der Waals surface area contributed by atoms with Crippen molar-refractivity contribution in [1.82, 2.24) is 9.97 Å².